The van der Waals surface area contributed by atoms with Gasteiger partial charge in [-0.1, -0.05) is 48.5 Å². The van der Waals surface area contributed by atoms with Crippen LogP contribution >= 0.6 is 0 Å². The zero-order chi connectivity index (χ0) is 27.0. The van der Waals surface area contributed by atoms with Crippen molar-refractivity contribution in [2.24, 2.45) is 45.3 Å². The average Bonchev–Trinajstić information content (AvgIpc) is 3.03. The van der Waals surface area contributed by atoms with Crippen molar-refractivity contribution in [2.75, 3.05) is 0 Å². The number of carbonyl (C=O) groups is 3. The summed E-state index contributed by atoms with van der Waals surface area (Å²) in [6.07, 6.45) is 3.35. The Bertz CT molecular complexity index is 995. The Morgan fingerprint density at radius 3 is 2.25 bits per heavy atom. The molecule has 2 fully saturated rings. The number of carbonyl (C=O) groups excluding carboxylic acids is 2. The van der Waals surface area contributed by atoms with Gasteiger partial charge in [0, 0.05) is 30.3 Å². The van der Waals surface area contributed by atoms with Gasteiger partial charge in [-0.2, -0.15) is 0 Å². The topological polar surface area (TPSA) is 112 Å². The summed E-state index contributed by atoms with van der Waals surface area (Å²) >= 11 is 0. The van der Waals surface area contributed by atoms with Crippen LogP contribution < -0.4 is 0 Å². The number of allylic oxidation sites excluding steroid dienone is 1. The molecule has 0 aliphatic heterocycles. The number of Topliss-reactive ketones (excluding diaryl/α,β-unsaturated/α-hetero) is 2. The van der Waals surface area contributed by atoms with E-state index in [9.17, 15) is 29.7 Å². The first-order valence-corrected chi connectivity index (χ1v) is 13.9. The Labute approximate surface area is 215 Å². The number of aliphatic hydroxyl groups excluding tert-OH is 2. The van der Waals surface area contributed by atoms with Crippen LogP contribution in [-0.2, 0) is 14.4 Å². The molecule has 4 aliphatic carbocycles. The second-order valence-electron chi connectivity index (χ2n) is 14.0. The molecule has 0 spiro atoms. The fourth-order valence-electron chi connectivity index (χ4n) is 9.40. The second kappa shape index (κ2) is 8.76. The van der Waals surface area contributed by atoms with Crippen LogP contribution in [0.15, 0.2) is 11.1 Å². The normalized spacial score (nSPS) is 43.3. The molecule has 0 bridgehead atoms. The lowest BCUT2D eigenvalue weighted by molar-refractivity contribution is -0.143. The maximum absolute atomic E-state index is 13.9. The molecule has 202 valence electrons. The zero-order valence-corrected chi connectivity index (χ0v) is 23.2. The first kappa shape index (κ1) is 27.5. The predicted molar refractivity (Wildman–Crippen MR) is 137 cm³/mol. The molecule has 0 radical (unpaired) electrons. The third kappa shape index (κ3) is 3.76. The van der Waals surface area contributed by atoms with E-state index in [1.807, 2.05) is 0 Å². The number of ketones is 2. The second-order valence-corrected chi connectivity index (χ2v) is 14.0. The highest BCUT2D eigenvalue weighted by Crippen LogP contribution is 2.71. The highest BCUT2D eigenvalue weighted by molar-refractivity contribution is 6.00. The minimum atomic E-state index is -0.952. The molecular formula is C30H46O6. The van der Waals surface area contributed by atoms with Crippen molar-refractivity contribution in [2.45, 2.75) is 112 Å². The van der Waals surface area contributed by atoms with Crippen LogP contribution in [0.4, 0.5) is 0 Å². The summed E-state index contributed by atoms with van der Waals surface area (Å²) in [6.45, 7) is 14.4. The fraction of sp³-hybridized carbons (Fsp3) is 0.833. The molecule has 4 unspecified atom stereocenters. The molecule has 36 heavy (non-hydrogen) atoms. The lowest BCUT2D eigenvalue weighted by atomic mass is 9.42. The van der Waals surface area contributed by atoms with Gasteiger partial charge in [0.15, 0.2) is 5.78 Å². The first-order valence-electron chi connectivity index (χ1n) is 13.9. The van der Waals surface area contributed by atoms with E-state index < -0.39 is 29.5 Å². The van der Waals surface area contributed by atoms with Crippen molar-refractivity contribution in [1.29, 1.82) is 0 Å². The number of rotatable bonds is 6. The lowest BCUT2D eigenvalue weighted by Gasteiger charge is -2.62. The minimum absolute atomic E-state index is 0.00687. The highest BCUT2D eigenvalue weighted by atomic mass is 16.4. The maximum Gasteiger partial charge on any atom is 0.306 e. The summed E-state index contributed by atoms with van der Waals surface area (Å²) in [5, 5.41) is 31.7. The molecule has 4 rings (SSSR count). The molecule has 6 nitrogen and oxygen atoms in total. The van der Waals surface area contributed by atoms with E-state index in [1.54, 1.807) is 6.92 Å². The zero-order valence-electron chi connectivity index (χ0n) is 23.2. The van der Waals surface area contributed by atoms with Gasteiger partial charge in [0.2, 0.25) is 0 Å². The Morgan fingerprint density at radius 2 is 1.64 bits per heavy atom. The lowest BCUT2D eigenvalue weighted by Crippen LogP contribution is -2.59. The van der Waals surface area contributed by atoms with E-state index in [2.05, 4.69) is 41.5 Å². The van der Waals surface area contributed by atoms with Gasteiger partial charge in [0.25, 0.3) is 0 Å². The van der Waals surface area contributed by atoms with Gasteiger partial charge in [-0.25, -0.2) is 0 Å². The van der Waals surface area contributed by atoms with E-state index in [-0.39, 0.29) is 52.0 Å². The summed E-state index contributed by atoms with van der Waals surface area (Å²) in [7, 11) is 0. The molecule has 3 N–H and O–H groups in total. The Hall–Kier alpha value is -1.53. The quantitative estimate of drug-likeness (QED) is 0.474. The standard InChI is InChI=1S/C30H46O6/c1-16(12-18(31)13-17(2)26(35)36)19-8-11-29(6)25-20(32)14-22-27(3,4)23(34)9-10-28(22,5)24(25)21(33)15-30(19,29)7/h16-17,19,21-23,33-34H,8-15H2,1-7H3,(H,35,36)/t16?,17?,19-,21?,22?,23-,28+,29+,30-/m1/s1. The molecule has 0 aromatic heterocycles. The molecule has 4 aliphatic rings. The van der Waals surface area contributed by atoms with Crippen LogP contribution in [0.1, 0.15) is 99.8 Å². The average molecular weight is 503 g/mol. The molecule has 0 heterocycles. The largest absolute Gasteiger partial charge is 0.481 e. The molecule has 6 heteroatoms. The number of aliphatic hydroxyl groups is 2. The number of hydrogen-bond donors (Lipinski definition) is 3. The van der Waals surface area contributed by atoms with Crippen molar-refractivity contribution in [3.63, 3.8) is 0 Å². The van der Waals surface area contributed by atoms with Gasteiger partial charge in [0.1, 0.15) is 5.78 Å². The van der Waals surface area contributed by atoms with Crippen molar-refractivity contribution < 1.29 is 29.7 Å². The van der Waals surface area contributed by atoms with Gasteiger partial charge in [0.05, 0.1) is 18.1 Å². The van der Waals surface area contributed by atoms with Crippen molar-refractivity contribution >= 4 is 17.5 Å². The van der Waals surface area contributed by atoms with E-state index >= 15 is 0 Å². The molecule has 2 saturated carbocycles. The Morgan fingerprint density at radius 1 is 1.00 bits per heavy atom. The van der Waals surface area contributed by atoms with Crippen LogP contribution in [0.5, 0.6) is 0 Å². The van der Waals surface area contributed by atoms with Gasteiger partial charge in [-0.05, 0) is 71.7 Å². The smallest absolute Gasteiger partial charge is 0.306 e. The predicted octanol–water partition coefficient (Wildman–Crippen LogP) is 4.95. The first-order chi connectivity index (χ1) is 16.5. The summed E-state index contributed by atoms with van der Waals surface area (Å²) in [5.74, 6) is -1.34. The van der Waals surface area contributed by atoms with Crippen molar-refractivity contribution in [3.05, 3.63) is 11.1 Å². The number of carboxylic acid groups (broad SMARTS) is 1. The molecule has 0 aromatic carbocycles. The van der Waals surface area contributed by atoms with Crippen LogP contribution in [0.2, 0.25) is 0 Å². The molecule has 0 aromatic rings. The van der Waals surface area contributed by atoms with Gasteiger partial charge < -0.3 is 15.3 Å². The summed E-state index contributed by atoms with van der Waals surface area (Å²) < 4.78 is 0. The van der Waals surface area contributed by atoms with Crippen LogP contribution in [0, 0.1) is 45.3 Å². The van der Waals surface area contributed by atoms with Gasteiger partial charge in [-0.15, -0.1) is 0 Å². The fourth-order valence-corrected chi connectivity index (χ4v) is 9.40. The number of aliphatic carboxylic acids is 1. The van der Waals surface area contributed by atoms with E-state index in [1.165, 1.54) is 0 Å². The highest BCUT2D eigenvalue weighted by Gasteiger charge is 2.67. The molecule has 0 saturated heterocycles. The Balaban J connectivity index is 1.69. The van der Waals surface area contributed by atoms with Crippen molar-refractivity contribution in [1.82, 2.24) is 0 Å². The van der Waals surface area contributed by atoms with Gasteiger partial charge in [-0.3, -0.25) is 14.4 Å². The third-order valence-corrected chi connectivity index (χ3v) is 11.7. The number of hydrogen-bond acceptors (Lipinski definition) is 5. The van der Waals surface area contributed by atoms with Crippen molar-refractivity contribution in [3.8, 4) is 0 Å². The van der Waals surface area contributed by atoms with E-state index in [4.69, 9.17) is 0 Å². The summed E-state index contributed by atoms with van der Waals surface area (Å²) in [6, 6.07) is 0. The van der Waals surface area contributed by atoms with E-state index in [0.717, 1.165) is 30.4 Å². The minimum Gasteiger partial charge on any atom is -0.481 e. The molecular weight excluding hydrogens is 456 g/mol. The summed E-state index contributed by atoms with van der Waals surface area (Å²) in [4.78, 5) is 37.9. The third-order valence-electron chi connectivity index (χ3n) is 11.7. The molecule has 9 atom stereocenters. The number of carboxylic acids is 1. The summed E-state index contributed by atoms with van der Waals surface area (Å²) in [5.41, 5.74) is 0.360. The monoisotopic (exact) mass is 502 g/mol. The van der Waals surface area contributed by atoms with E-state index in [0.29, 0.717) is 25.7 Å². The number of fused-ring (bicyclic) bond motifs is 4. The van der Waals surface area contributed by atoms with Crippen LogP contribution in [-0.4, -0.2) is 45.1 Å². The maximum atomic E-state index is 13.9. The SMILES string of the molecule is CC(CC(=O)CC(C)[C@H]1CC[C@@]2(C)C3=C(C(O)C[C@]12C)[C@@]1(C)CC[C@@H](O)C(C)(C)C1CC3=O)C(=O)O. The van der Waals surface area contributed by atoms with Crippen LogP contribution in [0.3, 0.4) is 0 Å². The molecule has 0 amide bonds. The van der Waals surface area contributed by atoms with Crippen LogP contribution in [0.25, 0.3) is 0 Å². The van der Waals surface area contributed by atoms with Gasteiger partial charge >= 0.3 is 5.97 Å². The Kier molecular flexibility index (Phi) is 6.69.